The van der Waals surface area contributed by atoms with Gasteiger partial charge in [0.25, 0.3) is 0 Å². The summed E-state index contributed by atoms with van der Waals surface area (Å²) in [5.74, 6) is 1.39. The molecule has 3 aromatic heterocycles. The highest BCUT2D eigenvalue weighted by atomic mass is 16.3. The maximum Gasteiger partial charge on any atom is 0.163 e. The normalized spacial score (nSPS) is 22.8. The van der Waals surface area contributed by atoms with E-state index in [0.29, 0.717) is 12.2 Å². The van der Waals surface area contributed by atoms with Gasteiger partial charge >= 0.3 is 0 Å². The Labute approximate surface area is 139 Å². The van der Waals surface area contributed by atoms with Crippen molar-refractivity contribution in [3.8, 4) is 11.4 Å². The van der Waals surface area contributed by atoms with Gasteiger partial charge in [-0.25, -0.2) is 9.97 Å². The van der Waals surface area contributed by atoms with Gasteiger partial charge in [-0.3, -0.25) is 9.67 Å². The molecule has 0 aliphatic heterocycles. The second kappa shape index (κ2) is 6.01. The predicted octanol–water partition coefficient (Wildman–Crippen LogP) is 1.83. The molecule has 1 fully saturated rings. The quantitative estimate of drug-likeness (QED) is 0.762. The summed E-state index contributed by atoms with van der Waals surface area (Å²) >= 11 is 0. The third-order valence-electron chi connectivity index (χ3n) is 4.24. The SMILES string of the molecule is Cc1cc(N[C@H]2C[C@@H](O)[C@@H]2n2cccn2)nc(-c2cccnc2)n1. The van der Waals surface area contributed by atoms with Gasteiger partial charge in [0.1, 0.15) is 5.82 Å². The number of aromatic nitrogens is 5. The molecule has 3 heterocycles. The fraction of sp³-hybridized carbons (Fsp3) is 0.294. The van der Waals surface area contributed by atoms with Gasteiger partial charge in [-0.15, -0.1) is 0 Å². The van der Waals surface area contributed by atoms with Crippen LogP contribution in [0.3, 0.4) is 0 Å². The van der Waals surface area contributed by atoms with Crippen LogP contribution in [0.2, 0.25) is 0 Å². The zero-order valence-corrected chi connectivity index (χ0v) is 13.2. The van der Waals surface area contributed by atoms with Crippen LogP contribution >= 0.6 is 0 Å². The maximum absolute atomic E-state index is 10.1. The smallest absolute Gasteiger partial charge is 0.163 e. The third-order valence-corrected chi connectivity index (χ3v) is 4.24. The van der Waals surface area contributed by atoms with Crippen LogP contribution < -0.4 is 5.32 Å². The first kappa shape index (κ1) is 14.8. The second-order valence-corrected chi connectivity index (χ2v) is 5.99. The molecule has 0 unspecified atom stereocenters. The topological polar surface area (TPSA) is 88.8 Å². The van der Waals surface area contributed by atoms with Crippen LogP contribution in [0.1, 0.15) is 18.2 Å². The molecule has 4 rings (SSSR count). The molecular formula is C17H18N6O. The van der Waals surface area contributed by atoms with Gasteiger partial charge in [0.05, 0.1) is 18.2 Å². The fourth-order valence-corrected chi connectivity index (χ4v) is 3.03. The summed E-state index contributed by atoms with van der Waals surface area (Å²) in [6.45, 7) is 1.94. The van der Waals surface area contributed by atoms with E-state index >= 15 is 0 Å². The van der Waals surface area contributed by atoms with Crippen molar-refractivity contribution in [2.24, 2.45) is 0 Å². The molecule has 3 atom stereocenters. The van der Waals surface area contributed by atoms with Gasteiger partial charge in [0.2, 0.25) is 0 Å². The summed E-state index contributed by atoms with van der Waals surface area (Å²) in [4.78, 5) is 13.2. The monoisotopic (exact) mass is 322 g/mol. The van der Waals surface area contributed by atoms with E-state index in [1.165, 1.54) is 0 Å². The van der Waals surface area contributed by atoms with E-state index in [-0.39, 0.29) is 12.1 Å². The number of nitrogens with one attached hydrogen (secondary N) is 1. The lowest BCUT2D eigenvalue weighted by Crippen LogP contribution is -2.51. The molecule has 7 nitrogen and oxygen atoms in total. The summed E-state index contributed by atoms with van der Waals surface area (Å²) < 4.78 is 1.79. The lowest BCUT2D eigenvalue weighted by molar-refractivity contribution is 0.0133. The Kier molecular flexibility index (Phi) is 3.70. The molecule has 122 valence electrons. The zero-order chi connectivity index (χ0) is 16.5. The number of aryl methyl sites for hydroxylation is 1. The van der Waals surface area contributed by atoms with E-state index in [9.17, 15) is 5.11 Å². The Hall–Kier alpha value is -2.80. The molecular weight excluding hydrogens is 304 g/mol. The second-order valence-electron chi connectivity index (χ2n) is 5.99. The lowest BCUT2D eigenvalue weighted by Gasteiger charge is -2.42. The molecule has 1 aliphatic rings. The van der Waals surface area contributed by atoms with Crippen LogP contribution in [0, 0.1) is 6.92 Å². The molecule has 2 N–H and O–H groups in total. The van der Waals surface area contributed by atoms with Crippen molar-refractivity contribution in [1.82, 2.24) is 24.7 Å². The van der Waals surface area contributed by atoms with Crippen molar-refractivity contribution in [2.45, 2.75) is 31.5 Å². The van der Waals surface area contributed by atoms with E-state index < -0.39 is 6.10 Å². The number of pyridine rings is 1. The molecule has 7 heteroatoms. The predicted molar refractivity (Wildman–Crippen MR) is 89.3 cm³/mol. The first-order valence-corrected chi connectivity index (χ1v) is 7.90. The lowest BCUT2D eigenvalue weighted by atomic mass is 9.83. The van der Waals surface area contributed by atoms with Gasteiger partial charge in [-0.05, 0) is 31.5 Å². The number of hydrogen-bond acceptors (Lipinski definition) is 6. The van der Waals surface area contributed by atoms with Crippen molar-refractivity contribution >= 4 is 5.82 Å². The number of aliphatic hydroxyl groups excluding tert-OH is 1. The minimum Gasteiger partial charge on any atom is -0.391 e. The summed E-state index contributed by atoms with van der Waals surface area (Å²) in [5.41, 5.74) is 1.75. The fourth-order valence-electron chi connectivity index (χ4n) is 3.03. The number of aliphatic hydroxyl groups is 1. The van der Waals surface area contributed by atoms with Gasteiger partial charge in [0.15, 0.2) is 5.82 Å². The third kappa shape index (κ3) is 2.74. The molecule has 0 spiro atoms. The van der Waals surface area contributed by atoms with Crippen LogP contribution in [0.5, 0.6) is 0 Å². The first-order valence-electron chi connectivity index (χ1n) is 7.90. The van der Waals surface area contributed by atoms with Gasteiger partial charge < -0.3 is 10.4 Å². The van der Waals surface area contributed by atoms with E-state index in [1.807, 2.05) is 37.4 Å². The summed E-state index contributed by atoms with van der Waals surface area (Å²) in [6, 6.07) is 7.56. The first-order chi connectivity index (χ1) is 11.7. The van der Waals surface area contributed by atoms with E-state index in [0.717, 1.165) is 17.1 Å². The molecule has 0 aromatic carbocycles. The largest absolute Gasteiger partial charge is 0.391 e. The molecule has 0 radical (unpaired) electrons. The summed E-state index contributed by atoms with van der Waals surface area (Å²) in [7, 11) is 0. The van der Waals surface area contributed by atoms with Crippen LogP contribution in [-0.4, -0.2) is 42.0 Å². The molecule has 0 bridgehead atoms. The number of anilines is 1. The van der Waals surface area contributed by atoms with Crippen LogP contribution in [0.15, 0.2) is 49.1 Å². The highest BCUT2D eigenvalue weighted by molar-refractivity contribution is 5.56. The Balaban J connectivity index is 1.58. The van der Waals surface area contributed by atoms with E-state index in [2.05, 4.69) is 25.4 Å². The highest BCUT2D eigenvalue weighted by Gasteiger charge is 2.42. The highest BCUT2D eigenvalue weighted by Crippen LogP contribution is 2.34. The number of hydrogen-bond donors (Lipinski definition) is 2. The Morgan fingerprint density at radius 1 is 1.25 bits per heavy atom. The minimum atomic E-state index is -0.400. The number of rotatable bonds is 4. The molecule has 1 saturated carbocycles. The van der Waals surface area contributed by atoms with Crippen LogP contribution in [-0.2, 0) is 0 Å². The van der Waals surface area contributed by atoms with Gasteiger partial charge in [0, 0.05) is 42.1 Å². The van der Waals surface area contributed by atoms with Crippen LogP contribution in [0.25, 0.3) is 11.4 Å². The summed E-state index contributed by atoms with van der Waals surface area (Å²) in [6.07, 6.45) is 7.32. The van der Waals surface area contributed by atoms with E-state index in [1.54, 1.807) is 23.3 Å². The molecule has 0 saturated heterocycles. The zero-order valence-electron chi connectivity index (χ0n) is 13.2. The number of nitrogens with zero attached hydrogens (tertiary/aromatic N) is 5. The summed E-state index contributed by atoms with van der Waals surface area (Å²) in [5, 5.41) is 17.7. The van der Waals surface area contributed by atoms with Crippen molar-refractivity contribution in [3.05, 3.63) is 54.7 Å². The van der Waals surface area contributed by atoms with E-state index in [4.69, 9.17) is 0 Å². The molecule has 0 amide bonds. The van der Waals surface area contributed by atoms with Crippen molar-refractivity contribution in [3.63, 3.8) is 0 Å². The van der Waals surface area contributed by atoms with Crippen molar-refractivity contribution in [1.29, 1.82) is 0 Å². The van der Waals surface area contributed by atoms with Crippen molar-refractivity contribution < 1.29 is 5.11 Å². The average Bonchev–Trinajstić information content (AvgIpc) is 3.08. The Bertz CT molecular complexity index is 820. The van der Waals surface area contributed by atoms with Crippen LogP contribution in [0.4, 0.5) is 5.82 Å². The molecule has 3 aromatic rings. The standard InChI is InChI=1S/C17H18N6O/c1-11-8-15(22-17(20-11)12-4-2-5-18-10-12)21-13-9-14(24)16(13)23-7-3-6-19-23/h2-8,10,13-14,16,24H,9H2,1H3,(H,20,21,22)/t13-,14+,16+/m0/s1. The van der Waals surface area contributed by atoms with Crippen molar-refractivity contribution in [2.75, 3.05) is 5.32 Å². The van der Waals surface area contributed by atoms with Gasteiger partial charge in [-0.2, -0.15) is 5.10 Å². The minimum absolute atomic E-state index is 0.0796. The maximum atomic E-state index is 10.1. The van der Waals surface area contributed by atoms with Gasteiger partial charge in [-0.1, -0.05) is 0 Å². The average molecular weight is 322 g/mol. The molecule has 1 aliphatic carbocycles. The molecule has 24 heavy (non-hydrogen) atoms. The Morgan fingerprint density at radius 3 is 2.88 bits per heavy atom. The Morgan fingerprint density at radius 2 is 2.17 bits per heavy atom.